The molecule has 23 heavy (non-hydrogen) atoms. The number of nitrogens with one attached hydrogen (secondary N) is 1. The van der Waals surface area contributed by atoms with Gasteiger partial charge in [-0.3, -0.25) is 4.79 Å². The molecule has 0 aliphatic heterocycles. The second-order valence-electron chi connectivity index (χ2n) is 6.86. The van der Waals surface area contributed by atoms with Gasteiger partial charge in [-0.2, -0.15) is 0 Å². The minimum absolute atomic E-state index is 0. The number of halogens is 2. The first-order valence-electron chi connectivity index (χ1n) is 8.42. The van der Waals surface area contributed by atoms with Crippen molar-refractivity contribution in [1.29, 1.82) is 0 Å². The molecule has 1 unspecified atom stereocenters. The van der Waals surface area contributed by atoms with Crippen molar-refractivity contribution in [2.45, 2.75) is 56.4 Å². The first-order chi connectivity index (χ1) is 10.6. The van der Waals surface area contributed by atoms with Gasteiger partial charge in [0.15, 0.2) is 0 Å². The molecular weight excluding hydrogens is 331 g/mol. The molecule has 3 N–H and O–H groups in total. The Balaban J connectivity index is 0.00000192. The molecule has 0 heterocycles. The molecule has 2 aliphatic rings. The van der Waals surface area contributed by atoms with E-state index in [-0.39, 0.29) is 24.4 Å². The summed E-state index contributed by atoms with van der Waals surface area (Å²) in [5.74, 6) is 0.736. The van der Waals surface area contributed by atoms with Crippen molar-refractivity contribution in [3.8, 4) is 0 Å². The molecule has 0 saturated heterocycles. The molecular formula is C18H26Cl2N2O. The summed E-state index contributed by atoms with van der Waals surface area (Å²) >= 11 is 6.16. The van der Waals surface area contributed by atoms with Gasteiger partial charge in [0.1, 0.15) is 0 Å². The van der Waals surface area contributed by atoms with Crippen LogP contribution < -0.4 is 11.1 Å². The predicted molar refractivity (Wildman–Crippen MR) is 97.2 cm³/mol. The number of hydrogen-bond donors (Lipinski definition) is 2. The lowest BCUT2D eigenvalue weighted by Gasteiger charge is -2.36. The lowest BCUT2D eigenvalue weighted by molar-refractivity contribution is -0.128. The molecule has 0 radical (unpaired) electrons. The summed E-state index contributed by atoms with van der Waals surface area (Å²) in [7, 11) is 0. The lowest BCUT2D eigenvalue weighted by Crippen LogP contribution is -2.49. The van der Waals surface area contributed by atoms with Crippen molar-refractivity contribution >= 4 is 29.9 Å². The maximum atomic E-state index is 13.0. The number of carbonyl (C=O) groups is 1. The number of hydrogen-bond acceptors (Lipinski definition) is 2. The van der Waals surface area contributed by atoms with Gasteiger partial charge in [-0.05, 0) is 49.3 Å². The Bertz CT molecular complexity index is 540. The third-order valence-electron chi connectivity index (χ3n) is 5.24. The zero-order chi connectivity index (χ0) is 15.6. The van der Waals surface area contributed by atoms with E-state index in [1.54, 1.807) is 0 Å². The number of amides is 1. The Hall–Kier alpha value is -0.770. The fourth-order valence-electron chi connectivity index (χ4n) is 3.66. The summed E-state index contributed by atoms with van der Waals surface area (Å²) in [4.78, 5) is 13.0. The van der Waals surface area contributed by atoms with Crippen molar-refractivity contribution in [3.05, 3.63) is 34.9 Å². The molecule has 0 bridgehead atoms. The van der Waals surface area contributed by atoms with E-state index in [1.807, 2.05) is 24.3 Å². The summed E-state index contributed by atoms with van der Waals surface area (Å²) < 4.78 is 0. The number of rotatable bonds is 5. The first kappa shape index (κ1) is 18.6. The maximum absolute atomic E-state index is 13.0. The fraction of sp³-hybridized carbons (Fsp3) is 0.611. The van der Waals surface area contributed by atoms with Gasteiger partial charge >= 0.3 is 0 Å². The molecule has 2 saturated carbocycles. The van der Waals surface area contributed by atoms with E-state index in [1.165, 1.54) is 19.3 Å². The summed E-state index contributed by atoms with van der Waals surface area (Å²) in [5.41, 5.74) is 6.76. The average molecular weight is 357 g/mol. The van der Waals surface area contributed by atoms with Gasteiger partial charge in [0.2, 0.25) is 5.91 Å². The van der Waals surface area contributed by atoms with Crippen LogP contribution in [0.15, 0.2) is 24.3 Å². The number of nitrogens with two attached hydrogens (primary N) is 1. The van der Waals surface area contributed by atoms with E-state index in [0.717, 1.165) is 31.2 Å². The SMILES string of the molecule is Cl.NC(CNC(=O)C1(c2cccc(Cl)c2)CCCCC1)C1CC1. The molecule has 2 fully saturated rings. The summed E-state index contributed by atoms with van der Waals surface area (Å²) in [5, 5.41) is 3.82. The average Bonchev–Trinajstić information content (AvgIpc) is 3.38. The summed E-state index contributed by atoms with van der Waals surface area (Å²) in [6, 6.07) is 7.90. The Labute approximate surface area is 149 Å². The highest BCUT2D eigenvalue weighted by molar-refractivity contribution is 6.30. The highest BCUT2D eigenvalue weighted by Gasteiger charge is 2.41. The normalized spacial score (nSPS) is 21.1. The molecule has 5 heteroatoms. The molecule has 3 rings (SSSR count). The highest BCUT2D eigenvalue weighted by Crippen LogP contribution is 2.40. The maximum Gasteiger partial charge on any atom is 0.230 e. The molecule has 3 nitrogen and oxygen atoms in total. The van der Waals surface area contributed by atoms with Gasteiger partial charge in [-0.1, -0.05) is 43.0 Å². The third-order valence-corrected chi connectivity index (χ3v) is 5.48. The number of benzene rings is 1. The largest absolute Gasteiger partial charge is 0.354 e. The van der Waals surface area contributed by atoms with Crippen LogP contribution in [0.25, 0.3) is 0 Å². The molecule has 0 spiro atoms. The van der Waals surface area contributed by atoms with Crippen LogP contribution in [0, 0.1) is 5.92 Å². The topological polar surface area (TPSA) is 55.1 Å². The predicted octanol–water partition coefficient (Wildman–Crippen LogP) is 3.82. The van der Waals surface area contributed by atoms with Gasteiger partial charge < -0.3 is 11.1 Å². The zero-order valence-corrected chi connectivity index (χ0v) is 15.0. The van der Waals surface area contributed by atoms with E-state index in [9.17, 15) is 4.79 Å². The van der Waals surface area contributed by atoms with Gasteiger partial charge in [-0.25, -0.2) is 0 Å². The van der Waals surface area contributed by atoms with Crippen LogP contribution in [0.1, 0.15) is 50.5 Å². The van der Waals surface area contributed by atoms with Crippen LogP contribution in [0.4, 0.5) is 0 Å². The molecule has 2 aliphatic carbocycles. The third kappa shape index (κ3) is 4.20. The van der Waals surface area contributed by atoms with Gasteiger partial charge in [0.05, 0.1) is 5.41 Å². The fourth-order valence-corrected chi connectivity index (χ4v) is 3.85. The van der Waals surface area contributed by atoms with Gasteiger partial charge in [0.25, 0.3) is 0 Å². The van der Waals surface area contributed by atoms with Crippen molar-refractivity contribution in [3.63, 3.8) is 0 Å². The minimum atomic E-state index is -0.424. The second kappa shape index (κ2) is 7.87. The van der Waals surface area contributed by atoms with E-state index < -0.39 is 5.41 Å². The van der Waals surface area contributed by atoms with Crippen LogP contribution in [-0.4, -0.2) is 18.5 Å². The van der Waals surface area contributed by atoms with Gasteiger partial charge in [-0.15, -0.1) is 12.4 Å². The van der Waals surface area contributed by atoms with Crippen molar-refractivity contribution in [2.24, 2.45) is 11.7 Å². The second-order valence-corrected chi connectivity index (χ2v) is 7.30. The Morgan fingerprint density at radius 3 is 2.61 bits per heavy atom. The number of carbonyl (C=O) groups excluding carboxylic acids is 1. The molecule has 1 atom stereocenters. The van der Waals surface area contributed by atoms with Crippen LogP contribution in [-0.2, 0) is 10.2 Å². The van der Waals surface area contributed by atoms with Gasteiger partial charge in [0, 0.05) is 17.6 Å². The monoisotopic (exact) mass is 356 g/mol. The standard InChI is InChI=1S/C18H25ClN2O.ClH/c19-15-6-4-5-14(11-15)18(9-2-1-3-10-18)17(22)21-12-16(20)13-7-8-13;/h4-6,11,13,16H,1-3,7-10,12,20H2,(H,21,22);1H. The smallest absolute Gasteiger partial charge is 0.230 e. The van der Waals surface area contributed by atoms with E-state index in [2.05, 4.69) is 5.32 Å². The summed E-state index contributed by atoms with van der Waals surface area (Å²) in [6.45, 7) is 0.589. The quantitative estimate of drug-likeness (QED) is 0.842. The van der Waals surface area contributed by atoms with E-state index in [0.29, 0.717) is 17.5 Å². The molecule has 1 aromatic rings. The van der Waals surface area contributed by atoms with E-state index in [4.69, 9.17) is 17.3 Å². The van der Waals surface area contributed by atoms with E-state index >= 15 is 0 Å². The Morgan fingerprint density at radius 2 is 2.00 bits per heavy atom. The Kier molecular flexibility index (Phi) is 6.35. The first-order valence-corrected chi connectivity index (χ1v) is 8.79. The van der Waals surface area contributed by atoms with Crippen LogP contribution >= 0.6 is 24.0 Å². The van der Waals surface area contributed by atoms with Crippen LogP contribution in [0.3, 0.4) is 0 Å². The molecule has 0 aromatic heterocycles. The van der Waals surface area contributed by atoms with Crippen LogP contribution in [0.2, 0.25) is 5.02 Å². The van der Waals surface area contributed by atoms with Crippen molar-refractivity contribution < 1.29 is 4.79 Å². The zero-order valence-electron chi connectivity index (χ0n) is 13.4. The minimum Gasteiger partial charge on any atom is -0.354 e. The van der Waals surface area contributed by atoms with Crippen molar-refractivity contribution in [1.82, 2.24) is 5.32 Å². The highest BCUT2D eigenvalue weighted by atomic mass is 35.5. The molecule has 128 valence electrons. The lowest BCUT2D eigenvalue weighted by atomic mass is 9.68. The summed E-state index contributed by atoms with van der Waals surface area (Å²) in [6.07, 6.45) is 7.60. The Morgan fingerprint density at radius 1 is 1.30 bits per heavy atom. The molecule has 1 amide bonds. The van der Waals surface area contributed by atoms with Crippen LogP contribution in [0.5, 0.6) is 0 Å². The van der Waals surface area contributed by atoms with Crippen molar-refractivity contribution in [2.75, 3.05) is 6.54 Å². The molecule has 1 aromatic carbocycles.